The van der Waals surface area contributed by atoms with E-state index in [2.05, 4.69) is 10.3 Å². The summed E-state index contributed by atoms with van der Waals surface area (Å²) in [6.45, 7) is 3.80. The number of amides is 1. The lowest BCUT2D eigenvalue weighted by Gasteiger charge is -2.07. The van der Waals surface area contributed by atoms with E-state index >= 15 is 0 Å². The second-order valence-corrected chi connectivity index (χ2v) is 6.20. The molecule has 4 nitrogen and oxygen atoms in total. The van der Waals surface area contributed by atoms with Gasteiger partial charge in [-0.1, -0.05) is 44.2 Å². The van der Waals surface area contributed by atoms with Gasteiger partial charge in [0.15, 0.2) is 0 Å². The normalized spacial score (nSPS) is 11.0. The highest BCUT2D eigenvalue weighted by Gasteiger charge is 2.12. The van der Waals surface area contributed by atoms with Gasteiger partial charge in [-0.15, -0.1) is 0 Å². The summed E-state index contributed by atoms with van der Waals surface area (Å²) in [7, 11) is 0. The summed E-state index contributed by atoms with van der Waals surface area (Å²) >= 11 is 0. The fourth-order valence-electron chi connectivity index (χ4n) is 2.57. The van der Waals surface area contributed by atoms with E-state index in [4.69, 9.17) is 0 Å². The Kier molecular flexibility index (Phi) is 4.47. The van der Waals surface area contributed by atoms with Gasteiger partial charge >= 0.3 is 0 Å². The lowest BCUT2D eigenvalue weighted by atomic mass is 10.0. The molecule has 1 aromatic heterocycles. The smallest absolute Gasteiger partial charge is 0.257 e. The first-order valence-electron chi connectivity index (χ1n) is 8.03. The first kappa shape index (κ1) is 16.0. The van der Waals surface area contributed by atoms with Crippen molar-refractivity contribution in [3.05, 3.63) is 65.9 Å². The molecule has 0 bridgehead atoms. The molecule has 0 unspecified atom stereocenters. The average Bonchev–Trinajstić information content (AvgIpc) is 3.00. The number of aromatic amines is 1. The van der Waals surface area contributed by atoms with Gasteiger partial charge in [0.05, 0.1) is 5.56 Å². The molecule has 0 spiro atoms. The van der Waals surface area contributed by atoms with Crippen LogP contribution in [0, 0.1) is 5.92 Å². The summed E-state index contributed by atoms with van der Waals surface area (Å²) in [6, 6.07) is 15.1. The van der Waals surface area contributed by atoms with Crippen molar-refractivity contribution in [1.29, 1.82) is 0 Å². The van der Waals surface area contributed by atoms with Crippen molar-refractivity contribution >= 4 is 28.3 Å². The van der Waals surface area contributed by atoms with Gasteiger partial charge in [0.25, 0.3) is 5.91 Å². The number of H-pyrrole nitrogens is 1. The number of rotatable bonds is 5. The molecule has 2 aromatic carbocycles. The molecule has 0 saturated carbocycles. The lowest BCUT2D eigenvalue weighted by Crippen LogP contribution is -2.12. The maximum absolute atomic E-state index is 12.5. The van der Waals surface area contributed by atoms with E-state index in [0.29, 0.717) is 17.7 Å². The Hall–Kier alpha value is -2.88. The fourth-order valence-corrected chi connectivity index (χ4v) is 2.57. The molecule has 122 valence electrons. The van der Waals surface area contributed by atoms with Gasteiger partial charge in [0.2, 0.25) is 0 Å². The largest absolute Gasteiger partial charge is 0.360 e. The molecule has 0 saturated heterocycles. The number of aromatic nitrogens is 1. The molecule has 1 amide bonds. The SMILES string of the molecule is CC(C)C(=O)Cc1ccc(NC(=O)c2c[nH]c3ccccc23)cc1. The van der Waals surface area contributed by atoms with E-state index in [9.17, 15) is 9.59 Å². The van der Waals surface area contributed by atoms with Crippen molar-refractivity contribution in [3.63, 3.8) is 0 Å². The number of ketones is 1. The first-order chi connectivity index (χ1) is 11.5. The minimum Gasteiger partial charge on any atom is -0.360 e. The summed E-state index contributed by atoms with van der Waals surface area (Å²) in [5.74, 6) is 0.0929. The van der Waals surface area contributed by atoms with Crippen LogP contribution in [0.5, 0.6) is 0 Å². The van der Waals surface area contributed by atoms with Crippen LogP contribution < -0.4 is 5.32 Å². The standard InChI is InChI=1S/C20H20N2O2/c1-13(2)19(23)11-14-7-9-15(10-8-14)22-20(24)17-12-21-18-6-4-3-5-16(17)18/h3-10,12-13,21H,11H2,1-2H3,(H,22,24). The number of benzene rings is 2. The van der Waals surface area contributed by atoms with Crippen molar-refractivity contribution in [1.82, 2.24) is 4.98 Å². The van der Waals surface area contributed by atoms with Crippen molar-refractivity contribution in [2.45, 2.75) is 20.3 Å². The maximum Gasteiger partial charge on any atom is 0.257 e. The molecule has 1 heterocycles. The molecule has 24 heavy (non-hydrogen) atoms. The van der Waals surface area contributed by atoms with Crippen LogP contribution in [0.15, 0.2) is 54.7 Å². The minimum atomic E-state index is -0.154. The van der Waals surface area contributed by atoms with Crippen LogP contribution in [0.1, 0.15) is 29.8 Å². The topological polar surface area (TPSA) is 62.0 Å². The van der Waals surface area contributed by atoms with Crippen molar-refractivity contribution in [2.24, 2.45) is 5.92 Å². The quantitative estimate of drug-likeness (QED) is 0.740. The summed E-state index contributed by atoms with van der Waals surface area (Å²) in [4.78, 5) is 27.3. The summed E-state index contributed by atoms with van der Waals surface area (Å²) in [5, 5.41) is 3.79. The van der Waals surface area contributed by atoms with Crippen LogP contribution in [-0.2, 0) is 11.2 Å². The highest BCUT2D eigenvalue weighted by atomic mass is 16.1. The molecule has 0 aliphatic heterocycles. The third kappa shape index (κ3) is 3.38. The van der Waals surface area contributed by atoms with Crippen LogP contribution in [0.2, 0.25) is 0 Å². The Morgan fingerprint density at radius 2 is 1.75 bits per heavy atom. The van der Waals surface area contributed by atoms with Gasteiger partial charge in [0.1, 0.15) is 5.78 Å². The van der Waals surface area contributed by atoms with Gasteiger partial charge in [-0.25, -0.2) is 0 Å². The summed E-state index contributed by atoms with van der Waals surface area (Å²) in [6.07, 6.45) is 2.14. The molecule has 2 N–H and O–H groups in total. The van der Waals surface area contributed by atoms with Crippen molar-refractivity contribution < 1.29 is 9.59 Å². The van der Waals surface area contributed by atoms with E-state index in [1.165, 1.54) is 0 Å². The number of carbonyl (C=O) groups is 2. The number of hydrogen-bond acceptors (Lipinski definition) is 2. The Labute approximate surface area is 140 Å². The monoisotopic (exact) mass is 320 g/mol. The third-order valence-electron chi connectivity index (χ3n) is 4.07. The van der Waals surface area contributed by atoms with E-state index in [-0.39, 0.29) is 17.6 Å². The number of para-hydroxylation sites is 1. The van der Waals surface area contributed by atoms with Gasteiger partial charge in [-0.2, -0.15) is 0 Å². The Bertz CT molecular complexity index is 876. The molecule has 0 atom stereocenters. The van der Waals surface area contributed by atoms with E-state index < -0.39 is 0 Å². The maximum atomic E-state index is 12.5. The number of carbonyl (C=O) groups excluding carboxylic acids is 2. The van der Waals surface area contributed by atoms with Crippen molar-refractivity contribution in [2.75, 3.05) is 5.32 Å². The summed E-state index contributed by atoms with van der Waals surface area (Å²) < 4.78 is 0. The minimum absolute atomic E-state index is 0.0336. The van der Waals surface area contributed by atoms with Gasteiger partial charge < -0.3 is 10.3 Å². The predicted octanol–water partition coefficient (Wildman–Crippen LogP) is 4.19. The van der Waals surface area contributed by atoms with Crippen molar-refractivity contribution in [3.8, 4) is 0 Å². The van der Waals surface area contributed by atoms with Gasteiger partial charge in [0, 0.05) is 35.1 Å². The number of nitrogens with one attached hydrogen (secondary N) is 2. The molecule has 0 aliphatic rings. The van der Waals surface area contributed by atoms with E-state index in [0.717, 1.165) is 16.5 Å². The van der Waals surface area contributed by atoms with Crippen LogP contribution in [0.4, 0.5) is 5.69 Å². The molecular weight excluding hydrogens is 300 g/mol. The number of Topliss-reactive ketones (excluding diaryl/α,β-unsaturated/α-hetero) is 1. The van der Waals surface area contributed by atoms with Crippen LogP contribution >= 0.6 is 0 Å². The molecule has 3 rings (SSSR count). The molecule has 4 heteroatoms. The second kappa shape index (κ2) is 6.71. The third-order valence-corrected chi connectivity index (χ3v) is 4.07. The number of anilines is 1. The van der Waals surface area contributed by atoms with E-state index in [1.54, 1.807) is 6.20 Å². The number of fused-ring (bicyclic) bond motifs is 1. The molecule has 3 aromatic rings. The molecule has 0 aliphatic carbocycles. The predicted molar refractivity (Wildman–Crippen MR) is 96.2 cm³/mol. The number of hydrogen-bond donors (Lipinski definition) is 2. The Morgan fingerprint density at radius 1 is 1.04 bits per heavy atom. The zero-order chi connectivity index (χ0) is 17.1. The Morgan fingerprint density at radius 3 is 2.46 bits per heavy atom. The summed E-state index contributed by atoms with van der Waals surface area (Å²) in [5.41, 5.74) is 3.22. The van der Waals surface area contributed by atoms with Crippen LogP contribution in [0.25, 0.3) is 10.9 Å². The second-order valence-electron chi connectivity index (χ2n) is 6.20. The fraction of sp³-hybridized carbons (Fsp3) is 0.200. The van der Waals surface area contributed by atoms with Crippen LogP contribution in [-0.4, -0.2) is 16.7 Å². The zero-order valence-electron chi connectivity index (χ0n) is 13.8. The highest BCUT2D eigenvalue weighted by Crippen LogP contribution is 2.19. The molecule has 0 fully saturated rings. The Balaban J connectivity index is 1.72. The molecular formula is C20H20N2O2. The zero-order valence-corrected chi connectivity index (χ0v) is 13.8. The van der Waals surface area contributed by atoms with E-state index in [1.807, 2.05) is 62.4 Å². The highest BCUT2D eigenvalue weighted by molar-refractivity contribution is 6.12. The van der Waals surface area contributed by atoms with Gasteiger partial charge in [-0.05, 0) is 23.8 Å². The van der Waals surface area contributed by atoms with Gasteiger partial charge in [-0.3, -0.25) is 9.59 Å². The average molecular weight is 320 g/mol. The lowest BCUT2D eigenvalue weighted by molar-refractivity contribution is -0.121. The molecule has 0 radical (unpaired) electrons. The first-order valence-corrected chi connectivity index (χ1v) is 8.03. The van der Waals surface area contributed by atoms with Crippen LogP contribution in [0.3, 0.4) is 0 Å².